The van der Waals surface area contributed by atoms with Crippen LogP contribution in [-0.4, -0.2) is 64.1 Å². The molecule has 3 heterocycles. The number of amides is 1. The monoisotopic (exact) mass is 485 g/mol. The maximum absolute atomic E-state index is 13.4. The van der Waals surface area contributed by atoms with Crippen LogP contribution in [0.5, 0.6) is 11.5 Å². The van der Waals surface area contributed by atoms with Crippen molar-refractivity contribution in [2.75, 3.05) is 33.2 Å². The van der Waals surface area contributed by atoms with Crippen molar-refractivity contribution in [3.05, 3.63) is 88.3 Å². The molecule has 1 amide bonds. The molecular formula is C28H27N3O5. The SMILES string of the molecule is CN1CCN(C(=O)CC(c2cccnc2)c2c(O)cc(O)c3c(=O)cc(-c4ccccc4)oc23)CC1. The fourth-order valence-corrected chi connectivity index (χ4v) is 4.73. The second-order valence-electron chi connectivity index (χ2n) is 9.10. The number of piperazine rings is 1. The predicted molar refractivity (Wildman–Crippen MR) is 136 cm³/mol. The second kappa shape index (κ2) is 9.83. The normalized spacial score (nSPS) is 15.2. The van der Waals surface area contributed by atoms with Gasteiger partial charge in [0.05, 0.1) is 0 Å². The van der Waals surface area contributed by atoms with Crippen LogP contribution < -0.4 is 5.43 Å². The fourth-order valence-electron chi connectivity index (χ4n) is 4.73. The highest BCUT2D eigenvalue weighted by molar-refractivity contribution is 5.91. The number of rotatable bonds is 5. The number of aromatic hydroxyl groups is 2. The summed E-state index contributed by atoms with van der Waals surface area (Å²) < 4.78 is 6.19. The molecule has 0 spiro atoms. The van der Waals surface area contributed by atoms with Crippen LogP contribution in [0, 0.1) is 0 Å². The van der Waals surface area contributed by atoms with Crippen LogP contribution in [0.3, 0.4) is 0 Å². The summed E-state index contributed by atoms with van der Waals surface area (Å²) in [6, 6.07) is 15.2. The van der Waals surface area contributed by atoms with Gasteiger partial charge in [0.25, 0.3) is 0 Å². The van der Waals surface area contributed by atoms with E-state index in [9.17, 15) is 19.8 Å². The average Bonchev–Trinajstić information content (AvgIpc) is 2.89. The summed E-state index contributed by atoms with van der Waals surface area (Å²) in [5.74, 6) is -1.06. The van der Waals surface area contributed by atoms with Crippen molar-refractivity contribution in [3.8, 4) is 22.8 Å². The first-order valence-electron chi connectivity index (χ1n) is 11.9. The molecule has 5 rings (SSSR count). The Morgan fingerprint density at radius 1 is 1.03 bits per heavy atom. The molecule has 1 fully saturated rings. The summed E-state index contributed by atoms with van der Waals surface area (Å²) in [7, 11) is 2.02. The van der Waals surface area contributed by atoms with Gasteiger partial charge in [-0.15, -0.1) is 0 Å². The number of carbonyl (C=O) groups is 1. The summed E-state index contributed by atoms with van der Waals surface area (Å²) in [6.07, 6.45) is 3.31. The number of nitrogens with zero attached hydrogens (tertiary/aromatic N) is 3. The van der Waals surface area contributed by atoms with E-state index in [-0.39, 0.29) is 40.4 Å². The summed E-state index contributed by atoms with van der Waals surface area (Å²) in [4.78, 5) is 34.7. The number of phenols is 2. The topological polar surface area (TPSA) is 107 Å². The molecule has 1 aliphatic rings. The lowest BCUT2D eigenvalue weighted by molar-refractivity contribution is -0.133. The van der Waals surface area contributed by atoms with Gasteiger partial charge in [-0.3, -0.25) is 14.6 Å². The molecule has 1 aliphatic heterocycles. The zero-order valence-corrected chi connectivity index (χ0v) is 19.9. The summed E-state index contributed by atoms with van der Waals surface area (Å²) >= 11 is 0. The van der Waals surface area contributed by atoms with Gasteiger partial charge in [-0.1, -0.05) is 36.4 Å². The maximum atomic E-state index is 13.4. The molecule has 0 saturated carbocycles. The van der Waals surface area contributed by atoms with E-state index in [4.69, 9.17) is 4.42 Å². The third-order valence-electron chi connectivity index (χ3n) is 6.73. The third-order valence-corrected chi connectivity index (χ3v) is 6.73. The Bertz CT molecular complexity index is 1450. The standard InChI is InChI=1S/C28H27N3O5/c1-30-10-12-31(13-11-30)25(35)14-20(19-8-5-9-29-17-19)26-21(32)15-22(33)27-23(34)16-24(36-28(26)27)18-6-3-2-4-7-18/h2-9,15-17,20,32-33H,10-14H2,1H3. The molecule has 1 atom stereocenters. The largest absolute Gasteiger partial charge is 0.507 e. The van der Waals surface area contributed by atoms with Crippen LogP contribution in [0.15, 0.2) is 76.2 Å². The lowest BCUT2D eigenvalue weighted by atomic mass is 9.86. The van der Waals surface area contributed by atoms with Gasteiger partial charge >= 0.3 is 0 Å². The molecule has 1 saturated heterocycles. The van der Waals surface area contributed by atoms with Crippen molar-refractivity contribution < 1.29 is 19.4 Å². The minimum absolute atomic E-state index is 0.0385. The van der Waals surface area contributed by atoms with Gasteiger partial charge in [0.15, 0.2) is 5.43 Å². The molecular weight excluding hydrogens is 458 g/mol. The highest BCUT2D eigenvalue weighted by Gasteiger charge is 2.30. The van der Waals surface area contributed by atoms with Crippen molar-refractivity contribution in [3.63, 3.8) is 0 Å². The van der Waals surface area contributed by atoms with Gasteiger partial charge in [0.2, 0.25) is 5.91 Å². The Kier molecular flexibility index (Phi) is 6.43. The maximum Gasteiger partial charge on any atom is 0.223 e. The molecule has 36 heavy (non-hydrogen) atoms. The van der Waals surface area contributed by atoms with Crippen molar-refractivity contribution in [2.24, 2.45) is 0 Å². The number of aromatic nitrogens is 1. The summed E-state index contributed by atoms with van der Waals surface area (Å²) in [5.41, 5.74) is 1.25. The number of hydrogen-bond donors (Lipinski definition) is 2. The van der Waals surface area contributed by atoms with E-state index in [1.54, 1.807) is 18.5 Å². The molecule has 0 bridgehead atoms. The van der Waals surface area contributed by atoms with Crippen LogP contribution >= 0.6 is 0 Å². The Balaban J connectivity index is 1.68. The van der Waals surface area contributed by atoms with Crippen LogP contribution in [-0.2, 0) is 4.79 Å². The smallest absolute Gasteiger partial charge is 0.223 e. The summed E-state index contributed by atoms with van der Waals surface area (Å²) in [5, 5.41) is 21.6. The molecule has 8 heteroatoms. The van der Waals surface area contributed by atoms with Gasteiger partial charge in [-0.25, -0.2) is 0 Å². The number of hydrogen-bond acceptors (Lipinski definition) is 7. The van der Waals surface area contributed by atoms with E-state index in [1.807, 2.05) is 48.3 Å². The Morgan fingerprint density at radius 3 is 2.47 bits per heavy atom. The first-order valence-corrected chi connectivity index (χ1v) is 11.9. The van der Waals surface area contributed by atoms with Crippen molar-refractivity contribution >= 4 is 16.9 Å². The number of benzene rings is 2. The first-order chi connectivity index (χ1) is 17.4. The Labute approximate surface area is 208 Å². The first kappa shape index (κ1) is 23.6. The molecule has 1 unspecified atom stereocenters. The van der Waals surface area contributed by atoms with E-state index >= 15 is 0 Å². The minimum Gasteiger partial charge on any atom is -0.507 e. The third kappa shape index (κ3) is 4.55. The highest BCUT2D eigenvalue weighted by Crippen LogP contribution is 2.42. The molecule has 184 valence electrons. The van der Waals surface area contributed by atoms with Crippen LogP contribution in [0.25, 0.3) is 22.3 Å². The number of phenolic OH excluding ortho intramolecular Hbond substituents is 2. The Hall–Kier alpha value is -4.17. The van der Waals surface area contributed by atoms with E-state index in [0.29, 0.717) is 30.0 Å². The van der Waals surface area contributed by atoms with E-state index in [0.717, 1.165) is 19.2 Å². The lowest BCUT2D eigenvalue weighted by Crippen LogP contribution is -2.47. The van der Waals surface area contributed by atoms with Gasteiger partial charge in [-0.2, -0.15) is 0 Å². The molecule has 0 radical (unpaired) electrons. The van der Waals surface area contributed by atoms with Crippen LogP contribution in [0.2, 0.25) is 0 Å². The van der Waals surface area contributed by atoms with Crippen LogP contribution in [0.1, 0.15) is 23.5 Å². The fraction of sp³-hybridized carbons (Fsp3) is 0.250. The zero-order chi connectivity index (χ0) is 25.2. The zero-order valence-electron chi connectivity index (χ0n) is 19.9. The van der Waals surface area contributed by atoms with Crippen molar-refractivity contribution in [1.82, 2.24) is 14.8 Å². The van der Waals surface area contributed by atoms with Gasteiger partial charge < -0.3 is 24.4 Å². The van der Waals surface area contributed by atoms with E-state index in [2.05, 4.69) is 9.88 Å². The van der Waals surface area contributed by atoms with Gasteiger partial charge in [0, 0.05) is 74.2 Å². The Morgan fingerprint density at radius 2 is 1.78 bits per heavy atom. The van der Waals surface area contributed by atoms with E-state index in [1.165, 1.54) is 6.07 Å². The van der Waals surface area contributed by atoms with Crippen molar-refractivity contribution in [2.45, 2.75) is 12.3 Å². The number of fused-ring (bicyclic) bond motifs is 1. The molecule has 2 N–H and O–H groups in total. The molecule has 2 aromatic heterocycles. The number of pyridine rings is 1. The lowest BCUT2D eigenvalue weighted by Gasteiger charge is -2.33. The molecule has 2 aromatic carbocycles. The van der Waals surface area contributed by atoms with Gasteiger partial charge in [0.1, 0.15) is 28.2 Å². The van der Waals surface area contributed by atoms with Crippen LogP contribution in [0.4, 0.5) is 0 Å². The second-order valence-corrected chi connectivity index (χ2v) is 9.10. The molecule has 8 nitrogen and oxygen atoms in total. The number of carbonyl (C=O) groups excluding carboxylic acids is 1. The predicted octanol–water partition coefficient (Wildman–Crippen LogP) is 3.56. The average molecular weight is 486 g/mol. The quantitative estimate of drug-likeness (QED) is 0.445. The van der Waals surface area contributed by atoms with E-state index < -0.39 is 11.3 Å². The highest BCUT2D eigenvalue weighted by atomic mass is 16.3. The number of likely N-dealkylation sites (N-methyl/N-ethyl adjacent to an activating group) is 1. The van der Waals surface area contributed by atoms with Crippen molar-refractivity contribution in [1.29, 1.82) is 0 Å². The minimum atomic E-state index is -0.650. The molecule has 4 aromatic rings. The summed E-state index contributed by atoms with van der Waals surface area (Å²) in [6.45, 7) is 2.80. The van der Waals surface area contributed by atoms with Gasteiger partial charge in [-0.05, 0) is 18.7 Å². The molecule has 0 aliphatic carbocycles.